The van der Waals surface area contributed by atoms with Gasteiger partial charge in [0.25, 0.3) is 0 Å². The highest BCUT2D eigenvalue weighted by Crippen LogP contribution is 2.38. The molecule has 0 heterocycles. The van der Waals surface area contributed by atoms with Gasteiger partial charge in [0.15, 0.2) is 5.78 Å². The van der Waals surface area contributed by atoms with Crippen molar-refractivity contribution in [2.75, 3.05) is 0 Å². The van der Waals surface area contributed by atoms with Crippen molar-refractivity contribution in [3.63, 3.8) is 0 Å². The highest BCUT2D eigenvalue weighted by Gasteiger charge is 2.27. The Morgan fingerprint density at radius 3 is 2.47 bits per heavy atom. The summed E-state index contributed by atoms with van der Waals surface area (Å²) in [4.78, 5) is 12.3. The molecule has 0 amide bonds. The van der Waals surface area contributed by atoms with Crippen LogP contribution in [0.3, 0.4) is 0 Å². The summed E-state index contributed by atoms with van der Waals surface area (Å²) < 4.78 is 1.86. The normalized spacial score (nSPS) is 16.6. The molecule has 1 aliphatic rings. The zero-order chi connectivity index (χ0) is 13.4. The van der Waals surface area contributed by atoms with E-state index in [1.54, 1.807) is 0 Å². The molecule has 0 spiro atoms. The molecule has 0 radical (unpaired) electrons. The van der Waals surface area contributed by atoms with E-state index in [0.717, 1.165) is 20.9 Å². The van der Waals surface area contributed by atoms with Gasteiger partial charge in [0.1, 0.15) is 0 Å². The van der Waals surface area contributed by atoms with E-state index in [4.69, 9.17) is 0 Å². The number of benzene rings is 2. The van der Waals surface area contributed by atoms with Crippen LogP contribution in [-0.2, 0) is 6.42 Å². The van der Waals surface area contributed by atoms with E-state index in [0.29, 0.717) is 12.3 Å². The number of hydrogen-bond donors (Lipinski definition) is 0. The molecule has 19 heavy (non-hydrogen) atoms. The molecule has 0 saturated heterocycles. The minimum Gasteiger partial charge on any atom is -0.294 e. The standard InChI is InChI=1S/C16H12Br2O/c17-13-6-12(7-14(18)9-13)16(19)8-11-5-10-3-1-2-4-15(10)11/h1-4,6-7,9,11H,5,8H2. The smallest absolute Gasteiger partial charge is 0.163 e. The number of ketones is 1. The summed E-state index contributed by atoms with van der Waals surface area (Å²) in [6, 6.07) is 14.1. The van der Waals surface area contributed by atoms with Crippen molar-refractivity contribution in [3.8, 4) is 0 Å². The maximum absolute atomic E-state index is 12.3. The Bertz CT molecular complexity index is 629. The summed E-state index contributed by atoms with van der Waals surface area (Å²) in [5.41, 5.74) is 3.49. The molecule has 1 unspecified atom stereocenters. The van der Waals surface area contributed by atoms with Gasteiger partial charge in [-0.2, -0.15) is 0 Å². The first kappa shape index (κ1) is 13.1. The largest absolute Gasteiger partial charge is 0.294 e. The second kappa shape index (κ2) is 5.22. The number of carbonyl (C=O) groups excluding carboxylic acids is 1. The van der Waals surface area contributed by atoms with Crippen LogP contribution >= 0.6 is 31.9 Å². The predicted octanol–water partition coefficient (Wildman–Crippen LogP) is 5.12. The molecule has 0 saturated carbocycles. The fraction of sp³-hybridized carbons (Fsp3) is 0.188. The van der Waals surface area contributed by atoms with Gasteiger partial charge in [-0.05, 0) is 41.7 Å². The van der Waals surface area contributed by atoms with Crippen molar-refractivity contribution in [2.24, 2.45) is 0 Å². The zero-order valence-corrected chi connectivity index (χ0v) is 13.4. The van der Waals surface area contributed by atoms with Crippen LogP contribution in [0.25, 0.3) is 0 Å². The Morgan fingerprint density at radius 2 is 1.79 bits per heavy atom. The Labute approximate surface area is 129 Å². The van der Waals surface area contributed by atoms with Crippen molar-refractivity contribution >= 4 is 37.6 Å². The fourth-order valence-electron chi connectivity index (χ4n) is 2.60. The van der Waals surface area contributed by atoms with Crippen LogP contribution in [0.4, 0.5) is 0 Å². The van der Waals surface area contributed by atoms with Gasteiger partial charge in [0, 0.05) is 20.9 Å². The van der Waals surface area contributed by atoms with E-state index in [2.05, 4.69) is 50.1 Å². The van der Waals surface area contributed by atoms with Crippen molar-refractivity contribution < 1.29 is 4.79 Å². The molecule has 0 aromatic heterocycles. The van der Waals surface area contributed by atoms with Crippen molar-refractivity contribution in [3.05, 3.63) is 68.1 Å². The molecule has 1 atom stereocenters. The lowest BCUT2D eigenvalue weighted by Crippen LogP contribution is -2.20. The molecule has 3 heteroatoms. The lowest BCUT2D eigenvalue weighted by Gasteiger charge is -2.29. The first-order valence-electron chi connectivity index (χ1n) is 6.20. The van der Waals surface area contributed by atoms with Crippen LogP contribution in [0, 0.1) is 0 Å². The third kappa shape index (κ3) is 2.67. The van der Waals surface area contributed by atoms with Gasteiger partial charge >= 0.3 is 0 Å². The maximum atomic E-state index is 12.3. The van der Waals surface area contributed by atoms with Crippen LogP contribution in [-0.4, -0.2) is 5.78 Å². The molecule has 0 aliphatic heterocycles. The lowest BCUT2D eigenvalue weighted by atomic mass is 9.74. The van der Waals surface area contributed by atoms with E-state index in [1.807, 2.05) is 24.3 Å². The number of Topliss-reactive ketones (excluding diaryl/α,β-unsaturated/α-hetero) is 1. The van der Waals surface area contributed by atoms with Crippen LogP contribution in [0.15, 0.2) is 51.4 Å². The number of carbonyl (C=O) groups is 1. The maximum Gasteiger partial charge on any atom is 0.163 e. The Morgan fingerprint density at radius 1 is 1.11 bits per heavy atom. The van der Waals surface area contributed by atoms with Gasteiger partial charge in [0.05, 0.1) is 0 Å². The van der Waals surface area contributed by atoms with Crippen LogP contribution in [0.2, 0.25) is 0 Å². The van der Waals surface area contributed by atoms with Gasteiger partial charge in [-0.1, -0.05) is 56.1 Å². The predicted molar refractivity (Wildman–Crippen MR) is 83.7 cm³/mol. The molecule has 1 aliphatic carbocycles. The van der Waals surface area contributed by atoms with Crippen LogP contribution < -0.4 is 0 Å². The topological polar surface area (TPSA) is 17.1 Å². The third-order valence-corrected chi connectivity index (χ3v) is 4.49. The first-order chi connectivity index (χ1) is 9.13. The third-order valence-electron chi connectivity index (χ3n) is 3.58. The molecule has 3 rings (SSSR count). The molecule has 0 N–H and O–H groups in total. The number of rotatable bonds is 3. The van der Waals surface area contributed by atoms with E-state index < -0.39 is 0 Å². The van der Waals surface area contributed by atoms with Gasteiger partial charge in [0.2, 0.25) is 0 Å². The van der Waals surface area contributed by atoms with E-state index in [1.165, 1.54) is 11.1 Å². The Hall–Kier alpha value is -0.930. The first-order valence-corrected chi connectivity index (χ1v) is 7.79. The average molecular weight is 380 g/mol. The number of hydrogen-bond acceptors (Lipinski definition) is 1. The second-order valence-electron chi connectivity index (χ2n) is 4.89. The molecule has 96 valence electrons. The van der Waals surface area contributed by atoms with Crippen LogP contribution in [0.1, 0.15) is 33.8 Å². The summed E-state index contributed by atoms with van der Waals surface area (Å²) in [6.45, 7) is 0. The summed E-state index contributed by atoms with van der Waals surface area (Å²) in [5, 5.41) is 0. The average Bonchev–Trinajstić information content (AvgIpc) is 2.34. The second-order valence-corrected chi connectivity index (χ2v) is 6.72. The highest BCUT2D eigenvalue weighted by molar-refractivity contribution is 9.11. The zero-order valence-electron chi connectivity index (χ0n) is 10.2. The summed E-state index contributed by atoms with van der Waals surface area (Å²) in [5.74, 6) is 0.600. The van der Waals surface area contributed by atoms with E-state index in [9.17, 15) is 4.79 Å². The lowest BCUT2D eigenvalue weighted by molar-refractivity contribution is 0.0970. The summed E-state index contributed by atoms with van der Waals surface area (Å²) in [6.07, 6.45) is 1.62. The molecule has 0 bridgehead atoms. The summed E-state index contributed by atoms with van der Waals surface area (Å²) in [7, 11) is 0. The fourth-order valence-corrected chi connectivity index (χ4v) is 3.89. The van der Waals surface area contributed by atoms with Crippen LogP contribution in [0.5, 0.6) is 0 Å². The monoisotopic (exact) mass is 378 g/mol. The molecular formula is C16H12Br2O. The minimum absolute atomic E-state index is 0.210. The molecule has 2 aromatic rings. The SMILES string of the molecule is O=C(CC1Cc2ccccc21)c1cc(Br)cc(Br)c1. The molecule has 0 fully saturated rings. The minimum atomic E-state index is 0.210. The molecule has 2 aromatic carbocycles. The Kier molecular flexibility index (Phi) is 3.59. The number of halogens is 2. The summed E-state index contributed by atoms with van der Waals surface area (Å²) >= 11 is 6.84. The molecular weight excluding hydrogens is 368 g/mol. The quantitative estimate of drug-likeness (QED) is 0.676. The van der Waals surface area contributed by atoms with Gasteiger partial charge in [-0.15, -0.1) is 0 Å². The van der Waals surface area contributed by atoms with Crippen molar-refractivity contribution in [2.45, 2.75) is 18.8 Å². The van der Waals surface area contributed by atoms with Crippen molar-refractivity contribution in [1.29, 1.82) is 0 Å². The van der Waals surface area contributed by atoms with Gasteiger partial charge < -0.3 is 0 Å². The van der Waals surface area contributed by atoms with Crippen molar-refractivity contribution in [1.82, 2.24) is 0 Å². The Balaban J connectivity index is 1.77. The van der Waals surface area contributed by atoms with E-state index >= 15 is 0 Å². The highest BCUT2D eigenvalue weighted by atomic mass is 79.9. The number of fused-ring (bicyclic) bond motifs is 1. The molecule has 1 nitrogen and oxygen atoms in total. The van der Waals surface area contributed by atoms with Gasteiger partial charge in [-0.3, -0.25) is 4.79 Å². The van der Waals surface area contributed by atoms with E-state index in [-0.39, 0.29) is 5.78 Å². The van der Waals surface area contributed by atoms with Gasteiger partial charge in [-0.25, -0.2) is 0 Å².